The number of hydrogen-bond acceptors (Lipinski definition) is 2. The van der Waals surface area contributed by atoms with E-state index in [1.165, 1.54) is 6.07 Å². The number of nitrogens with one attached hydrogen (secondary N) is 1. The first-order valence-corrected chi connectivity index (χ1v) is 4.42. The number of benzene rings is 1. The highest BCUT2D eigenvalue weighted by Gasteiger charge is 2.16. The monoisotopic (exact) mass is 181 g/mol. The molecule has 2 nitrogen and oxygen atoms in total. The van der Waals surface area contributed by atoms with E-state index in [1.54, 1.807) is 13.2 Å². The van der Waals surface area contributed by atoms with E-state index in [9.17, 15) is 4.39 Å². The third kappa shape index (κ3) is 1.34. The highest BCUT2D eigenvalue weighted by molar-refractivity contribution is 5.63. The lowest BCUT2D eigenvalue weighted by molar-refractivity contribution is 0.413. The summed E-state index contributed by atoms with van der Waals surface area (Å²) in [7, 11) is 1.60. The van der Waals surface area contributed by atoms with Crippen LogP contribution in [0.15, 0.2) is 12.1 Å². The van der Waals surface area contributed by atoms with Crippen LogP contribution in [0.3, 0.4) is 0 Å². The minimum Gasteiger partial charge on any atom is -0.495 e. The Hall–Kier alpha value is -1.25. The Morgan fingerprint density at radius 2 is 2.31 bits per heavy atom. The first-order valence-electron chi connectivity index (χ1n) is 4.42. The standard InChI is InChI=1S/C10H12FNO/c1-13-9-5-4-8(11)7-3-2-6-12-10(7)9/h4-5,12H,2-3,6H2,1H3. The second-order valence-corrected chi connectivity index (χ2v) is 3.13. The lowest BCUT2D eigenvalue weighted by Crippen LogP contribution is -2.14. The van der Waals surface area contributed by atoms with Gasteiger partial charge in [-0.05, 0) is 25.0 Å². The zero-order valence-electron chi connectivity index (χ0n) is 7.56. The quantitative estimate of drug-likeness (QED) is 0.717. The topological polar surface area (TPSA) is 21.3 Å². The SMILES string of the molecule is COc1ccc(F)c2c1NCCC2. The normalized spacial score (nSPS) is 14.6. The summed E-state index contributed by atoms with van der Waals surface area (Å²) < 4.78 is 18.4. The molecular formula is C10H12FNO. The lowest BCUT2D eigenvalue weighted by Gasteiger charge is -2.20. The average Bonchev–Trinajstić information content (AvgIpc) is 2.19. The molecule has 1 aromatic rings. The van der Waals surface area contributed by atoms with Crippen LogP contribution in [0.1, 0.15) is 12.0 Å². The van der Waals surface area contributed by atoms with Gasteiger partial charge in [-0.15, -0.1) is 0 Å². The van der Waals surface area contributed by atoms with Crippen molar-refractivity contribution in [1.82, 2.24) is 0 Å². The van der Waals surface area contributed by atoms with E-state index in [1.807, 2.05) is 0 Å². The van der Waals surface area contributed by atoms with Crippen LogP contribution in [0, 0.1) is 5.82 Å². The third-order valence-corrected chi connectivity index (χ3v) is 2.34. The number of halogens is 1. The molecule has 1 N–H and O–H groups in total. The van der Waals surface area contributed by atoms with Crippen LogP contribution in [0.5, 0.6) is 5.75 Å². The summed E-state index contributed by atoms with van der Waals surface area (Å²) in [6.45, 7) is 0.896. The van der Waals surface area contributed by atoms with Gasteiger partial charge in [-0.25, -0.2) is 4.39 Å². The minimum absolute atomic E-state index is 0.136. The molecule has 0 radical (unpaired) electrons. The number of fused-ring (bicyclic) bond motifs is 1. The molecule has 1 heterocycles. The van der Waals surface area contributed by atoms with Gasteiger partial charge in [0.2, 0.25) is 0 Å². The molecule has 0 fully saturated rings. The van der Waals surface area contributed by atoms with Crippen LogP contribution in [-0.2, 0) is 6.42 Å². The van der Waals surface area contributed by atoms with E-state index in [0.29, 0.717) is 0 Å². The van der Waals surface area contributed by atoms with Crippen LogP contribution in [0.4, 0.5) is 10.1 Å². The zero-order valence-corrected chi connectivity index (χ0v) is 7.56. The molecule has 0 spiro atoms. The molecule has 13 heavy (non-hydrogen) atoms. The van der Waals surface area contributed by atoms with Gasteiger partial charge < -0.3 is 10.1 Å². The molecule has 0 saturated carbocycles. The van der Waals surface area contributed by atoms with Gasteiger partial charge in [0.15, 0.2) is 0 Å². The molecule has 70 valence electrons. The Morgan fingerprint density at radius 1 is 1.46 bits per heavy atom. The van der Waals surface area contributed by atoms with Gasteiger partial charge in [-0.1, -0.05) is 0 Å². The second-order valence-electron chi connectivity index (χ2n) is 3.13. The zero-order chi connectivity index (χ0) is 9.26. The molecule has 0 aromatic heterocycles. The maximum Gasteiger partial charge on any atom is 0.142 e. The van der Waals surface area contributed by atoms with Crippen molar-refractivity contribution in [2.45, 2.75) is 12.8 Å². The summed E-state index contributed by atoms with van der Waals surface area (Å²) in [6.07, 6.45) is 1.78. The Morgan fingerprint density at radius 3 is 3.08 bits per heavy atom. The molecular weight excluding hydrogens is 169 g/mol. The van der Waals surface area contributed by atoms with E-state index in [-0.39, 0.29) is 5.82 Å². The number of anilines is 1. The van der Waals surface area contributed by atoms with Crippen molar-refractivity contribution >= 4 is 5.69 Å². The summed E-state index contributed by atoms with van der Waals surface area (Å²) >= 11 is 0. The predicted molar refractivity (Wildman–Crippen MR) is 49.8 cm³/mol. The van der Waals surface area contributed by atoms with Crippen LogP contribution in [0.2, 0.25) is 0 Å². The van der Waals surface area contributed by atoms with Crippen molar-refractivity contribution in [2.75, 3.05) is 19.0 Å². The molecule has 1 aromatic carbocycles. The Balaban J connectivity index is 2.52. The molecule has 0 unspecified atom stereocenters. The minimum atomic E-state index is -0.136. The van der Waals surface area contributed by atoms with E-state index < -0.39 is 0 Å². The van der Waals surface area contributed by atoms with Crippen LogP contribution >= 0.6 is 0 Å². The average molecular weight is 181 g/mol. The largest absolute Gasteiger partial charge is 0.495 e. The van der Waals surface area contributed by atoms with E-state index in [4.69, 9.17) is 4.74 Å². The molecule has 0 saturated heterocycles. The van der Waals surface area contributed by atoms with Crippen molar-refractivity contribution < 1.29 is 9.13 Å². The number of hydrogen-bond donors (Lipinski definition) is 1. The van der Waals surface area contributed by atoms with Gasteiger partial charge in [-0.3, -0.25) is 0 Å². The Bertz CT molecular complexity index is 325. The van der Waals surface area contributed by atoms with Gasteiger partial charge in [0.25, 0.3) is 0 Å². The van der Waals surface area contributed by atoms with Crippen LogP contribution < -0.4 is 10.1 Å². The number of methoxy groups -OCH3 is 1. The van der Waals surface area contributed by atoms with E-state index >= 15 is 0 Å². The summed E-state index contributed by atoms with van der Waals surface area (Å²) in [4.78, 5) is 0. The molecule has 1 aliphatic heterocycles. The number of rotatable bonds is 1. The van der Waals surface area contributed by atoms with Crippen LogP contribution in [0.25, 0.3) is 0 Å². The van der Waals surface area contributed by atoms with E-state index in [0.717, 1.165) is 36.4 Å². The van der Waals surface area contributed by atoms with Gasteiger partial charge in [0, 0.05) is 12.1 Å². The fraction of sp³-hybridized carbons (Fsp3) is 0.400. The Kier molecular flexibility index (Phi) is 2.08. The molecule has 0 bridgehead atoms. The molecule has 3 heteroatoms. The molecule has 2 rings (SSSR count). The summed E-state index contributed by atoms with van der Waals surface area (Å²) in [6, 6.07) is 3.12. The molecule has 0 atom stereocenters. The molecule has 0 amide bonds. The summed E-state index contributed by atoms with van der Waals surface area (Å²) in [5.74, 6) is 0.596. The van der Waals surface area contributed by atoms with Gasteiger partial charge >= 0.3 is 0 Å². The van der Waals surface area contributed by atoms with Crippen molar-refractivity contribution in [3.8, 4) is 5.75 Å². The van der Waals surface area contributed by atoms with Crippen LogP contribution in [-0.4, -0.2) is 13.7 Å². The molecule has 1 aliphatic rings. The van der Waals surface area contributed by atoms with E-state index in [2.05, 4.69) is 5.32 Å². The predicted octanol–water partition coefficient (Wildman–Crippen LogP) is 2.19. The van der Waals surface area contributed by atoms with Crippen molar-refractivity contribution in [1.29, 1.82) is 0 Å². The lowest BCUT2D eigenvalue weighted by atomic mass is 10.0. The smallest absolute Gasteiger partial charge is 0.142 e. The number of ether oxygens (including phenoxy) is 1. The van der Waals surface area contributed by atoms with Crippen molar-refractivity contribution in [3.05, 3.63) is 23.5 Å². The highest BCUT2D eigenvalue weighted by atomic mass is 19.1. The molecule has 0 aliphatic carbocycles. The maximum absolute atomic E-state index is 13.3. The fourth-order valence-electron chi connectivity index (χ4n) is 1.69. The van der Waals surface area contributed by atoms with Gasteiger partial charge in [0.1, 0.15) is 11.6 Å². The van der Waals surface area contributed by atoms with Gasteiger partial charge in [0.05, 0.1) is 12.8 Å². The first kappa shape index (κ1) is 8.35. The maximum atomic E-state index is 13.3. The Labute approximate surface area is 76.7 Å². The highest BCUT2D eigenvalue weighted by Crippen LogP contribution is 2.33. The van der Waals surface area contributed by atoms with Gasteiger partial charge in [-0.2, -0.15) is 0 Å². The summed E-state index contributed by atoms with van der Waals surface area (Å²) in [5.41, 5.74) is 1.58. The van der Waals surface area contributed by atoms with Crippen molar-refractivity contribution in [2.24, 2.45) is 0 Å². The van der Waals surface area contributed by atoms with Crippen molar-refractivity contribution in [3.63, 3.8) is 0 Å². The first-order chi connectivity index (χ1) is 6.33. The summed E-state index contributed by atoms with van der Waals surface area (Å²) in [5, 5.41) is 3.16. The fourth-order valence-corrected chi connectivity index (χ4v) is 1.69. The second kappa shape index (κ2) is 3.24. The third-order valence-electron chi connectivity index (χ3n) is 2.34.